The number of benzene rings is 2. The van der Waals surface area contributed by atoms with Gasteiger partial charge >= 0.3 is 10.1 Å². The zero-order valence-electron chi connectivity index (χ0n) is 11.3. The topological polar surface area (TPSA) is 98.5 Å². The van der Waals surface area contributed by atoms with E-state index in [0.717, 1.165) is 4.47 Å². The van der Waals surface area contributed by atoms with E-state index in [1.165, 1.54) is 36.4 Å². The average molecular weight is 385 g/mol. The van der Waals surface area contributed by atoms with Crippen LogP contribution in [0.15, 0.2) is 57.9 Å². The minimum atomic E-state index is -3.93. The second-order valence-electron chi connectivity index (χ2n) is 4.27. The van der Waals surface area contributed by atoms with Crippen LogP contribution in [0.2, 0.25) is 0 Å². The molecule has 0 heterocycles. The molecule has 0 atom stereocenters. The maximum atomic E-state index is 12.1. The van der Waals surface area contributed by atoms with E-state index in [4.69, 9.17) is 9.92 Å². The third-order valence-corrected chi connectivity index (χ3v) is 4.42. The fourth-order valence-electron chi connectivity index (χ4n) is 1.58. The van der Waals surface area contributed by atoms with Crippen LogP contribution >= 0.6 is 15.9 Å². The highest BCUT2D eigenvalue weighted by Crippen LogP contribution is 2.22. The summed E-state index contributed by atoms with van der Waals surface area (Å²) < 4.78 is 30.1. The largest absolute Gasteiger partial charge is 0.379 e. The van der Waals surface area contributed by atoms with Gasteiger partial charge in [-0.2, -0.15) is 8.42 Å². The van der Waals surface area contributed by atoms with Crippen LogP contribution in [-0.2, 0) is 14.9 Å². The first kappa shape index (κ1) is 16.5. The minimum absolute atomic E-state index is 0.0128. The quantitative estimate of drug-likeness (QED) is 0.769. The van der Waals surface area contributed by atoms with E-state index >= 15 is 0 Å². The Kier molecular flexibility index (Phi) is 5.17. The van der Waals surface area contributed by atoms with Crippen LogP contribution in [0.4, 0.5) is 5.69 Å². The lowest BCUT2D eigenvalue weighted by molar-refractivity contribution is -0.114. The maximum Gasteiger partial charge on any atom is 0.339 e. The van der Waals surface area contributed by atoms with E-state index in [0.29, 0.717) is 5.69 Å². The second-order valence-corrected chi connectivity index (χ2v) is 6.73. The number of nitrogens with two attached hydrogens (primary N) is 1. The Morgan fingerprint density at radius 2 is 1.68 bits per heavy atom. The number of rotatable bonds is 5. The molecule has 116 valence electrons. The lowest BCUT2D eigenvalue weighted by Crippen LogP contribution is -2.21. The molecule has 0 fully saturated rings. The smallest absolute Gasteiger partial charge is 0.339 e. The molecule has 3 N–H and O–H groups in total. The third kappa shape index (κ3) is 4.30. The van der Waals surface area contributed by atoms with Gasteiger partial charge in [-0.05, 0) is 48.5 Å². The first-order chi connectivity index (χ1) is 10.4. The molecule has 0 aliphatic heterocycles. The first-order valence-electron chi connectivity index (χ1n) is 6.21. The molecule has 2 aromatic carbocycles. The van der Waals surface area contributed by atoms with Crippen molar-refractivity contribution in [1.82, 2.24) is 0 Å². The summed E-state index contributed by atoms with van der Waals surface area (Å²) in [6, 6.07) is 12.1. The predicted molar refractivity (Wildman–Crippen MR) is 86.1 cm³/mol. The van der Waals surface area contributed by atoms with Crippen LogP contribution in [0.3, 0.4) is 0 Å². The summed E-state index contributed by atoms with van der Waals surface area (Å²) in [5, 5.41) is 2.52. The molecular formula is C14H13BrN2O4S. The Morgan fingerprint density at radius 3 is 2.23 bits per heavy atom. The van der Waals surface area contributed by atoms with E-state index in [1.807, 2.05) is 0 Å². The van der Waals surface area contributed by atoms with Gasteiger partial charge in [-0.3, -0.25) is 4.79 Å². The van der Waals surface area contributed by atoms with Crippen LogP contribution in [0.5, 0.6) is 5.75 Å². The van der Waals surface area contributed by atoms with Gasteiger partial charge in [0.25, 0.3) is 0 Å². The van der Waals surface area contributed by atoms with E-state index in [2.05, 4.69) is 21.2 Å². The molecule has 0 spiro atoms. The molecule has 0 saturated heterocycles. The van der Waals surface area contributed by atoms with Crippen LogP contribution in [0.25, 0.3) is 0 Å². The van der Waals surface area contributed by atoms with Crippen molar-refractivity contribution in [2.75, 3.05) is 11.9 Å². The van der Waals surface area contributed by atoms with E-state index < -0.39 is 10.1 Å². The van der Waals surface area contributed by atoms with E-state index in [-0.39, 0.29) is 23.1 Å². The summed E-state index contributed by atoms with van der Waals surface area (Å²) >= 11 is 3.26. The normalized spacial score (nSPS) is 11.0. The molecular weight excluding hydrogens is 372 g/mol. The molecule has 1 amide bonds. The molecule has 2 aromatic rings. The summed E-state index contributed by atoms with van der Waals surface area (Å²) in [4.78, 5) is 11.1. The van der Waals surface area contributed by atoms with Crippen molar-refractivity contribution in [2.45, 2.75) is 4.90 Å². The zero-order valence-corrected chi connectivity index (χ0v) is 13.7. The Bertz CT molecular complexity index is 758. The average Bonchev–Trinajstić information content (AvgIpc) is 2.50. The lowest BCUT2D eigenvalue weighted by Gasteiger charge is -2.08. The number of anilines is 1. The van der Waals surface area contributed by atoms with E-state index in [1.54, 1.807) is 12.1 Å². The third-order valence-electron chi connectivity index (χ3n) is 2.63. The van der Waals surface area contributed by atoms with Gasteiger partial charge in [0.15, 0.2) is 0 Å². The molecule has 22 heavy (non-hydrogen) atoms. The van der Waals surface area contributed by atoms with Gasteiger partial charge < -0.3 is 15.2 Å². The summed E-state index contributed by atoms with van der Waals surface area (Å²) in [6.07, 6.45) is 0. The second kappa shape index (κ2) is 6.91. The van der Waals surface area contributed by atoms with Gasteiger partial charge in [-0.25, -0.2) is 0 Å². The minimum Gasteiger partial charge on any atom is -0.379 e. The highest BCUT2D eigenvalue weighted by molar-refractivity contribution is 9.10. The van der Waals surface area contributed by atoms with Crippen LogP contribution in [0, 0.1) is 0 Å². The number of carbonyl (C=O) groups is 1. The molecule has 0 bridgehead atoms. The number of carbonyl (C=O) groups excluding carboxylic acids is 1. The van der Waals surface area contributed by atoms with Crippen molar-refractivity contribution in [3.8, 4) is 5.75 Å². The van der Waals surface area contributed by atoms with Gasteiger partial charge in [-0.1, -0.05) is 15.9 Å². The summed E-state index contributed by atoms with van der Waals surface area (Å²) in [5.41, 5.74) is 5.64. The van der Waals surface area contributed by atoms with Crippen molar-refractivity contribution in [3.05, 3.63) is 53.0 Å². The van der Waals surface area contributed by atoms with Crippen LogP contribution < -0.4 is 15.2 Å². The monoisotopic (exact) mass is 384 g/mol. The van der Waals surface area contributed by atoms with Gasteiger partial charge in [0, 0.05) is 10.2 Å². The zero-order chi connectivity index (χ0) is 16.2. The van der Waals surface area contributed by atoms with Crippen molar-refractivity contribution in [1.29, 1.82) is 0 Å². The number of hydrogen-bond acceptors (Lipinski definition) is 5. The number of hydrogen-bond donors (Lipinski definition) is 2. The molecule has 0 unspecified atom stereocenters. The predicted octanol–water partition coefficient (Wildman–Crippen LogP) is 2.11. The molecule has 0 aromatic heterocycles. The van der Waals surface area contributed by atoms with Crippen molar-refractivity contribution in [2.24, 2.45) is 5.73 Å². The van der Waals surface area contributed by atoms with Gasteiger partial charge in [0.2, 0.25) is 5.91 Å². The summed E-state index contributed by atoms with van der Waals surface area (Å²) in [6.45, 7) is -0.146. The highest BCUT2D eigenvalue weighted by atomic mass is 79.9. The summed E-state index contributed by atoms with van der Waals surface area (Å²) in [7, 11) is -3.93. The highest BCUT2D eigenvalue weighted by Gasteiger charge is 2.16. The molecule has 8 heteroatoms. The van der Waals surface area contributed by atoms with Crippen molar-refractivity contribution >= 4 is 37.6 Å². The first-order valence-corrected chi connectivity index (χ1v) is 8.41. The maximum absolute atomic E-state index is 12.1. The number of amides is 1. The Morgan fingerprint density at radius 1 is 1.09 bits per heavy atom. The van der Waals surface area contributed by atoms with Gasteiger partial charge in [0.05, 0.1) is 6.54 Å². The van der Waals surface area contributed by atoms with Gasteiger partial charge in [0.1, 0.15) is 10.6 Å². The standard InChI is InChI=1S/C14H13BrN2O4S/c15-10-1-5-12(6-2-10)21-22(19,20)13-7-3-11(4-8-13)17-14(18)9-16/h1-8H,9,16H2,(H,17,18). The fourth-order valence-corrected chi connectivity index (χ4v) is 2.78. The molecule has 6 nitrogen and oxygen atoms in total. The molecule has 0 aliphatic carbocycles. The van der Waals surface area contributed by atoms with Crippen LogP contribution in [-0.4, -0.2) is 20.9 Å². The van der Waals surface area contributed by atoms with Crippen molar-refractivity contribution in [3.63, 3.8) is 0 Å². The number of nitrogens with one attached hydrogen (secondary N) is 1. The molecule has 0 radical (unpaired) electrons. The number of halogens is 1. The Hall–Kier alpha value is -1.90. The van der Waals surface area contributed by atoms with Crippen LogP contribution in [0.1, 0.15) is 0 Å². The molecule has 0 aliphatic rings. The molecule has 2 rings (SSSR count). The fraction of sp³-hybridized carbons (Fsp3) is 0.0714. The van der Waals surface area contributed by atoms with Gasteiger partial charge in [-0.15, -0.1) is 0 Å². The summed E-state index contributed by atoms with van der Waals surface area (Å²) in [5.74, 6) is -0.148. The Balaban J connectivity index is 2.15. The van der Waals surface area contributed by atoms with Crippen molar-refractivity contribution < 1.29 is 17.4 Å². The molecule has 0 saturated carbocycles. The Labute approximate surface area is 136 Å². The van der Waals surface area contributed by atoms with E-state index in [9.17, 15) is 13.2 Å². The lowest BCUT2D eigenvalue weighted by atomic mass is 10.3. The SMILES string of the molecule is NCC(=O)Nc1ccc(S(=O)(=O)Oc2ccc(Br)cc2)cc1.